The Kier molecular flexibility index (Phi) is 6.34. The van der Waals surface area contributed by atoms with Gasteiger partial charge in [-0.3, -0.25) is 4.68 Å². The number of hydrogen-bond donors (Lipinski definition) is 0. The highest BCUT2D eigenvalue weighted by molar-refractivity contribution is 5.88. The van der Waals surface area contributed by atoms with Gasteiger partial charge in [-0.1, -0.05) is 0 Å². The molecule has 34 heavy (non-hydrogen) atoms. The van der Waals surface area contributed by atoms with E-state index in [-0.39, 0.29) is 37.2 Å². The molecule has 0 radical (unpaired) electrons. The molecule has 4 rings (SSSR count). The summed E-state index contributed by atoms with van der Waals surface area (Å²) in [6.07, 6.45) is -0.101. The summed E-state index contributed by atoms with van der Waals surface area (Å²) in [5, 5.41) is 8.38. The largest absolute Gasteiger partial charge is 0.492 e. The van der Waals surface area contributed by atoms with Crippen LogP contribution in [0.4, 0.5) is 13.2 Å². The number of hydrogen-bond acceptors (Lipinski definition) is 8. The topological polar surface area (TPSA) is 106 Å². The van der Waals surface area contributed by atoms with Gasteiger partial charge in [-0.2, -0.15) is 28.4 Å². The molecule has 178 valence electrons. The van der Waals surface area contributed by atoms with Crippen molar-refractivity contribution in [2.24, 2.45) is 0 Å². The monoisotopic (exact) mass is 476 g/mol. The van der Waals surface area contributed by atoms with Crippen LogP contribution in [0.25, 0.3) is 17.0 Å². The molecule has 1 aromatic carbocycles. The van der Waals surface area contributed by atoms with Gasteiger partial charge in [0.05, 0.1) is 43.8 Å². The summed E-state index contributed by atoms with van der Waals surface area (Å²) in [4.78, 5) is 20.6. The van der Waals surface area contributed by atoms with E-state index in [4.69, 9.17) is 14.2 Å². The van der Waals surface area contributed by atoms with Crippen molar-refractivity contribution in [1.82, 2.24) is 29.5 Å². The number of esters is 1. The molecule has 0 aliphatic carbocycles. The first-order valence-electron chi connectivity index (χ1n) is 10.1. The maximum Gasteiger partial charge on any atom is 0.416 e. The van der Waals surface area contributed by atoms with Crippen LogP contribution >= 0.6 is 0 Å². The van der Waals surface area contributed by atoms with E-state index in [1.165, 1.54) is 42.5 Å². The summed E-state index contributed by atoms with van der Waals surface area (Å²) < 4.78 is 56.8. The highest BCUT2D eigenvalue weighted by Gasteiger charge is 2.30. The highest BCUT2D eigenvalue weighted by atomic mass is 19.4. The number of carbonyl (C=O) groups is 1. The summed E-state index contributed by atoms with van der Waals surface area (Å²) in [5.74, 6) is 0.175. The molecule has 0 bridgehead atoms. The average Bonchev–Trinajstić information content (AvgIpc) is 3.46. The molecule has 0 saturated heterocycles. The van der Waals surface area contributed by atoms with E-state index in [1.54, 1.807) is 11.6 Å². The van der Waals surface area contributed by atoms with Crippen LogP contribution in [-0.4, -0.2) is 55.8 Å². The first-order chi connectivity index (χ1) is 16.3. The van der Waals surface area contributed by atoms with Gasteiger partial charge in [0.25, 0.3) is 5.95 Å². The summed E-state index contributed by atoms with van der Waals surface area (Å²) in [5.41, 5.74) is 0.465. The summed E-state index contributed by atoms with van der Waals surface area (Å²) in [6.45, 7) is 2.34. The van der Waals surface area contributed by atoms with Gasteiger partial charge < -0.3 is 14.2 Å². The van der Waals surface area contributed by atoms with Crippen molar-refractivity contribution in [3.8, 4) is 17.6 Å². The molecule has 0 saturated carbocycles. The lowest BCUT2D eigenvalue weighted by atomic mass is 10.2. The Morgan fingerprint density at radius 1 is 1.09 bits per heavy atom. The van der Waals surface area contributed by atoms with E-state index in [0.717, 1.165) is 12.1 Å². The quantitative estimate of drug-likeness (QED) is 0.357. The van der Waals surface area contributed by atoms with Gasteiger partial charge in [0.2, 0.25) is 5.88 Å². The zero-order valence-corrected chi connectivity index (χ0v) is 18.1. The van der Waals surface area contributed by atoms with Crippen molar-refractivity contribution < 1.29 is 32.2 Å². The third-order valence-corrected chi connectivity index (χ3v) is 4.69. The van der Waals surface area contributed by atoms with Crippen LogP contribution in [0.5, 0.6) is 11.6 Å². The third kappa shape index (κ3) is 4.77. The summed E-state index contributed by atoms with van der Waals surface area (Å²) in [6, 6.07) is 4.43. The van der Waals surface area contributed by atoms with Crippen molar-refractivity contribution in [2.45, 2.75) is 19.6 Å². The minimum absolute atomic E-state index is 0.134. The lowest BCUT2D eigenvalue weighted by Crippen LogP contribution is -2.11. The Labute approximate surface area is 190 Å². The van der Waals surface area contributed by atoms with Crippen molar-refractivity contribution in [1.29, 1.82) is 0 Å². The molecular formula is C21H19F3N6O4. The van der Waals surface area contributed by atoms with Crippen molar-refractivity contribution in [3.05, 3.63) is 54.0 Å². The number of nitrogens with zero attached hydrogens (tertiary/aromatic N) is 6. The molecule has 10 nitrogen and oxygen atoms in total. The lowest BCUT2D eigenvalue weighted by molar-refractivity contribution is -0.137. The zero-order valence-electron chi connectivity index (χ0n) is 18.1. The first kappa shape index (κ1) is 23.0. The Balaban J connectivity index is 1.50. The van der Waals surface area contributed by atoms with Crippen molar-refractivity contribution in [2.75, 3.05) is 20.3 Å². The van der Waals surface area contributed by atoms with Gasteiger partial charge in [-0.25, -0.2) is 14.5 Å². The van der Waals surface area contributed by atoms with Gasteiger partial charge in [0, 0.05) is 6.20 Å². The standard InChI is InChI=1S/C21H19F3N6O4/c1-3-33-19(31)13-10-25-30(12-13)20-27-16-11-26-29(17(16)18(28-20)32-2)8-9-34-15-6-4-14(5-7-15)21(22,23)24/h4-7,10-12H,3,8-9H2,1-2H3. The number of benzene rings is 1. The van der Waals surface area contributed by atoms with Crippen molar-refractivity contribution >= 4 is 17.0 Å². The molecule has 0 N–H and O–H groups in total. The number of carbonyl (C=O) groups excluding carboxylic acids is 1. The first-order valence-corrected chi connectivity index (χ1v) is 10.1. The number of aromatic nitrogens is 6. The van der Waals surface area contributed by atoms with Gasteiger partial charge in [0.1, 0.15) is 23.4 Å². The molecular weight excluding hydrogens is 457 g/mol. The van der Waals surface area contributed by atoms with Crippen LogP contribution in [0.1, 0.15) is 22.8 Å². The third-order valence-electron chi connectivity index (χ3n) is 4.69. The predicted octanol–water partition coefficient (Wildman–Crippen LogP) is 3.30. The molecule has 0 atom stereocenters. The number of rotatable bonds is 8. The van der Waals surface area contributed by atoms with Gasteiger partial charge >= 0.3 is 12.1 Å². The van der Waals surface area contributed by atoms with Gasteiger partial charge in [-0.15, -0.1) is 0 Å². The summed E-state index contributed by atoms with van der Waals surface area (Å²) >= 11 is 0. The van der Waals surface area contributed by atoms with Crippen LogP contribution < -0.4 is 9.47 Å². The number of ether oxygens (including phenoxy) is 3. The van der Waals surface area contributed by atoms with E-state index in [9.17, 15) is 18.0 Å². The Morgan fingerprint density at radius 2 is 1.85 bits per heavy atom. The second-order valence-corrected chi connectivity index (χ2v) is 6.90. The minimum Gasteiger partial charge on any atom is -0.492 e. The lowest BCUT2D eigenvalue weighted by Gasteiger charge is -2.10. The molecule has 3 aromatic heterocycles. The van der Waals surface area contributed by atoms with Crippen molar-refractivity contribution in [3.63, 3.8) is 0 Å². The van der Waals surface area contributed by atoms with Crippen LogP contribution in [0.2, 0.25) is 0 Å². The van der Waals surface area contributed by atoms with E-state index >= 15 is 0 Å². The molecule has 13 heteroatoms. The highest BCUT2D eigenvalue weighted by Crippen LogP contribution is 2.30. The predicted molar refractivity (Wildman–Crippen MR) is 112 cm³/mol. The van der Waals surface area contributed by atoms with E-state index in [2.05, 4.69) is 20.2 Å². The smallest absolute Gasteiger partial charge is 0.416 e. The molecule has 0 amide bonds. The van der Waals surface area contributed by atoms with Crippen LogP contribution in [0.15, 0.2) is 42.9 Å². The van der Waals surface area contributed by atoms with E-state index in [0.29, 0.717) is 16.8 Å². The molecule has 0 unspecified atom stereocenters. The molecule has 0 fully saturated rings. The SMILES string of the molecule is CCOC(=O)c1cnn(-c2nc(OC)c3c(cnn3CCOc3ccc(C(F)(F)F)cc3)n2)c1. The number of methoxy groups -OCH3 is 1. The fourth-order valence-corrected chi connectivity index (χ4v) is 3.11. The maximum atomic E-state index is 12.7. The molecule has 0 spiro atoms. The number of halogens is 3. The van der Waals surface area contributed by atoms with Crippen LogP contribution in [0, 0.1) is 0 Å². The molecule has 0 aliphatic heterocycles. The second-order valence-electron chi connectivity index (χ2n) is 6.90. The maximum absolute atomic E-state index is 12.7. The minimum atomic E-state index is -4.40. The average molecular weight is 476 g/mol. The summed E-state index contributed by atoms with van der Waals surface area (Å²) in [7, 11) is 1.44. The fourth-order valence-electron chi connectivity index (χ4n) is 3.11. The molecule has 4 aromatic rings. The zero-order chi connectivity index (χ0) is 24.3. The van der Waals surface area contributed by atoms with Gasteiger partial charge in [0.15, 0.2) is 0 Å². The Bertz CT molecular complexity index is 1300. The van der Waals surface area contributed by atoms with Crippen LogP contribution in [0.3, 0.4) is 0 Å². The van der Waals surface area contributed by atoms with Gasteiger partial charge in [-0.05, 0) is 31.2 Å². The second kappa shape index (κ2) is 9.37. The number of alkyl halides is 3. The Morgan fingerprint density at radius 3 is 2.53 bits per heavy atom. The number of fused-ring (bicyclic) bond motifs is 1. The molecule has 0 aliphatic rings. The van der Waals surface area contributed by atoms with Crippen LogP contribution in [-0.2, 0) is 17.5 Å². The van der Waals surface area contributed by atoms with E-state index in [1.807, 2.05) is 0 Å². The molecule has 3 heterocycles. The normalized spacial score (nSPS) is 11.6. The van der Waals surface area contributed by atoms with E-state index < -0.39 is 17.7 Å². The fraction of sp³-hybridized carbons (Fsp3) is 0.286. The Hall–Kier alpha value is -4.16.